The molecule has 0 saturated carbocycles. The van der Waals surface area contributed by atoms with Crippen molar-refractivity contribution in [3.8, 4) is 10.7 Å². The zero-order chi connectivity index (χ0) is 21.8. The van der Waals surface area contributed by atoms with Crippen LogP contribution in [-0.4, -0.2) is 20.7 Å². The average molecular weight is 449 g/mol. The standard InChI is InChI=1S/C24H24N4OS2/c1-4-28-22(21-6-5-13-30-21)26-27-24(28)31-15-18-8-10-19(11-9-18)23(29)25-20-12-7-16(2)17(3)14-20/h5-14H,4,15H2,1-3H3,(H,25,29). The predicted molar refractivity (Wildman–Crippen MR) is 129 cm³/mol. The van der Waals surface area contributed by atoms with Gasteiger partial charge >= 0.3 is 0 Å². The van der Waals surface area contributed by atoms with E-state index in [9.17, 15) is 4.79 Å². The van der Waals surface area contributed by atoms with E-state index in [2.05, 4.69) is 45.4 Å². The molecule has 0 aliphatic heterocycles. The number of anilines is 1. The fourth-order valence-corrected chi connectivity index (χ4v) is 4.87. The van der Waals surface area contributed by atoms with E-state index in [0.717, 1.165) is 45.0 Å². The Bertz CT molecular complexity index is 1180. The van der Waals surface area contributed by atoms with Gasteiger partial charge < -0.3 is 9.88 Å². The number of hydrogen-bond acceptors (Lipinski definition) is 5. The molecular weight excluding hydrogens is 424 g/mol. The largest absolute Gasteiger partial charge is 0.322 e. The van der Waals surface area contributed by atoms with E-state index in [1.54, 1.807) is 23.1 Å². The minimum atomic E-state index is -0.103. The van der Waals surface area contributed by atoms with Crippen LogP contribution in [0.4, 0.5) is 5.69 Å². The number of carbonyl (C=O) groups excluding carboxylic acids is 1. The monoisotopic (exact) mass is 448 g/mol. The first-order valence-electron chi connectivity index (χ1n) is 10.1. The van der Waals surface area contributed by atoms with Crippen LogP contribution in [0.2, 0.25) is 0 Å². The lowest BCUT2D eigenvalue weighted by atomic mass is 10.1. The van der Waals surface area contributed by atoms with Gasteiger partial charge in [-0.05, 0) is 73.2 Å². The quantitative estimate of drug-likeness (QED) is 0.343. The molecule has 1 N–H and O–H groups in total. The van der Waals surface area contributed by atoms with Crippen LogP contribution < -0.4 is 5.32 Å². The van der Waals surface area contributed by atoms with E-state index in [1.807, 2.05) is 55.5 Å². The lowest BCUT2D eigenvalue weighted by Crippen LogP contribution is -2.12. The summed E-state index contributed by atoms with van der Waals surface area (Å²) >= 11 is 3.33. The molecule has 0 fully saturated rings. The molecule has 158 valence electrons. The molecule has 7 heteroatoms. The number of nitrogens with one attached hydrogen (secondary N) is 1. The molecule has 4 rings (SSSR count). The third-order valence-corrected chi connectivity index (χ3v) is 7.03. The fraction of sp³-hybridized carbons (Fsp3) is 0.208. The zero-order valence-electron chi connectivity index (χ0n) is 17.8. The Morgan fingerprint density at radius 2 is 1.87 bits per heavy atom. The first-order chi connectivity index (χ1) is 15.0. The van der Waals surface area contributed by atoms with Gasteiger partial charge in [0.1, 0.15) is 0 Å². The Kier molecular flexibility index (Phi) is 6.53. The molecule has 0 saturated heterocycles. The molecule has 2 heterocycles. The summed E-state index contributed by atoms with van der Waals surface area (Å²) in [6.45, 7) is 7.03. The van der Waals surface area contributed by atoms with Crippen molar-refractivity contribution in [1.29, 1.82) is 0 Å². The van der Waals surface area contributed by atoms with Crippen LogP contribution in [0.3, 0.4) is 0 Å². The summed E-state index contributed by atoms with van der Waals surface area (Å²) in [5, 5.41) is 14.7. The second-order valence-electron chi connectivity index (χ2n) is 7.27. The average Bonchev–Trinajstić information content (AvgIpc) is 3.44. The lowest BCUT2D eigenvalue weighted by molar-refractivity contribution is 0.102. The molecule has 0 spiro atoms. The predicted octanol–water partition coefficient (Wildman–Crippen LogP) is 6.19. The third-order valence-electron chi connectivity index (χ3n) is 5.12. The number of aromatic nitrogens is 3. The van der Waals surface area contributed by atoms with Gasteiger partial charge in [0.15, 0.2) is 11.0 Å². The molecule has 4 aromatic rings. The molecule has 1 amide bonds. The van der Waals surface area contributed by atoms with Crippen LogP contribution in [0, 0.1) is 13.8 Å². The topological polar surface area (TPSA) is 59.8 Å². The highest BCUT2D eigenvalue weighted by molar-refractivity contribution is 7.98. The van der Waals surface area contributed by atoms with Crippen molar-refractivity contribution in [3.05, 3.63) is 82.2 Å². The number of carbonyl (C=O) groups is 1. The van der Waals surface area contributed by atoms with Crippen LogP contribution in [0.15, 0.2) is 65.1 Å². The van der Waals surface area contributed by atoms with E-state index < -0.39 is 0 Å². The van der Waals surface area contributed by atoms with Gasteiger partial charge in [-0.25, -0.2) is 0 Å². The zero-order valence-corrected chi connectivity index (χ0v) is 19.4. The Hall–Kier alpha value is -2.90. The smallest absolute Gasteiger partial charge is 0.255 e. The van der Waals surface area contributed by atoms with Gasteiger partial charge in [-0.3, -0.25) is 4.79 Å². The molecule has 2 aromatic carbocycles. The van der Waals surface area contributed by atoms with Gasteiger partial charge in [0, 0.05) is 23.5 Å². The number of rotatable bonds is 7. The van der Waals surface area contributed by atoms with Gasteiger partial charge in [0.25, 0.3) is 5.91 Å². The Morgan fingerprint density at radius 1 is 1.06 bits per heavy atom. The van der Waals surface area contributed by atoms with Crippen LogP contribution in [0.25, 0.3) is 10.7 Å². The SMILES string of the molecule is CCn1c(SCc2ccc(C(=O)Nc3ccc(C)c(C)c3)cc2)nnc1-c1cccs1. The molecule has 0 atom stereocenters. The Balaban J connectivity index is 1.40. The van der Waals surface area contributed by atoms with E-state index in [0.29, 0.717) is 5.56 Å². The molecule has 0 unspecified atom stereocenters. The second-order valence-corrected chi connectivity index (χ2v) is 9.16. The van der Waals surface area contributed by atoms with Gasteiger partial charge in [-0.2, -0.15) is 0 Å². The number of thioether (sulfide) groups is 1. The number of benzene rings is 2. The van der Waals surface area contributed by atoms with Crippen LogP contribution >= 0.6 is 23.1 Å². The lowest BCUT2D eigenvalue weighted by Gasteiger charge is -2.09. The summed E-state index contributed by atoms with van der Waals surface area (Å²) < 4.78 is 2.14. The number of aryl methyl sites for hydroxylation is 2. The molecule has 0 bridgehead atoms. The summed E-state index contributed by atoms with van der Waals surface area (Å²) in [7, 11) is 0. The van der Waals surface area contributed by atoms with Crippen LogP contribution in [0.1, 0.15) is 34.0 Å². The molecule has 2 aromatic heterocycles. The first kappa shape index (κ1) is 21.3. The number of amides is 1. The molecule has 0 aliphatic rings. The minimum absolute atomic E-state index is 0.103. The van der Waals surface area contributed by atoms with Gasteiger partial charge in [-0.15, -0.1) is 21.5 Å². The van der Waals surface area contributed by atoms with Gasteiger partial charge in [0.2, 0.25) is 0 Å². The van der Waals surface area contributed by atoms with Crippen molar-refractivity contribution in [2.75, 3.05) is 5.32 Å². The second kappa shape index (κ2) is 9.49. The number of nitrogens with zero attached hydrogens (tertiary/aromatic N) is 3. The summed E-state index contributed by atoms with van der Waals surface area (Å²) in [5.74, 6) is 1.58. The molecule has 0 radical (unpaired) electrons. The van der Waals surface area contributed by atoms with Gasteiger partial charge in [0.05, 0.1) is 4.88 Å². The highest BCUT2D eigenvalue weighted by atomic mass is 32.2. The Morgan fingerprint density at radius 3 is 2.55 bits per heavy atom. The van der Waals surface area contributed by atoms with Crippen LogP contribution in [-0.2, 0) is 12.3 Å². The van der Waals surface area contributed by atoms with Crippen molar-refractivity contribution < 1.29 is 4.79 Å². The van der Waals surface area contributed by atoms with Crippen molar-refractivity contribution in [2.45, 2.75) is 38.2 Å². The molecule has 0 aliphatic carbocycles. The highest BCUT2D eigenvalue weighted by Gasteiger charge is 2.14. The summed E-state index contributed by atoms with van der Waals surface area (Å²) in [6.07, 6.45) is 0. The maximum atomic E-state index is 12.6. The maximum absolute atomic E-state index is 12.6. The van der Waals surface area contributed by atoms with Crippen molar-refractivity contribution in [1.82, 2.24) is 14.8 Å². The van der Waals surface area contributed by atoms with Crippen molar-refractivity contribution in [2.24, 2.45) is 0 Å². The molecule has 5 nitrogen and oxygen atoms in total. The Labute approximate surface area is 190 Å². The van der Waals surface area contributed by atoms with Crippen LogP contribution in [0.5, 0.6) is 0 Å². The van der Waals surface area contributed by atoms with Crippen molar-refractivity contribution >= 4 is 34.7 Å². The summed E-state index contributed by atoms with van der Waals surface area (Å²) in [4.78, 5) is 13.7. The number of hydrogen-bond donors (Lipinski definition) is 1. The molecular formula is C24H24N4OS2. The van der Waals surface area contributed by atoms with E-state index in [-0.39, 0.29) is 5.91 Å². The van der Waals surface area contributed by atoms with Gasteiger partial charge in [-0.1, -0.05) is 36.0 Å². The minimum Gasteiger partial charge on any atom is -0.322 e. The van der Waals surface area contributed by atoms with E-state index in [4.69, 9.17) is 0 Å². The third kappa shape index (κ3) is 4.89. The van der Waals surface area contributed by atoms with E-state index in [1.165, 1.54) is 5.56 Å². The highest BCUT2D eigenvalue weighted by Crippen LogP contribution is 2.28. The first-order valence-corrected chi connectivity index (χ1v) is 12.0. The fourth-order valence-electron chi connectivity index (χ4n) is 3.19. The summed E-state index contributed by atoms with van der Waals surface area (Å²) in [6, 6.07) is 17.8. The maximum Gasteiger partial charge on any atom is 0.255 e. The molecule has 31 heavy (non-hydrogen) atoms. The number of thiophene rings is 1. The van der Waals surface area contributed by atoms with Crippen molar-refractivity contribution in [3.63, 3.8) is 0 Å². The van der Waals surface area contributed by atoms with E-state index >= 15 is 0 Å². The summed E-state index contributed by atoms with van der Waals surface area (Å²) in [5.41, 5.74) is 4.96. The normalized spacial score (nSPS) is 10.9.